The minimum absolute atomic E-state index is 0.756. The molecule has 4 heterocycles. The van der Waals surface area contributed by atoms with Gasteiger partial charge >= 0.3 is 0 Å². The van der Waals surface area contributed by atoms with Crippen molar-refractivity contribution in [2.45, 2.75) is 0 Å². The summed E-state index contributed by atoms with van der Waals surface area (Å²) in [4.78, 5) is 13.4. The van der Waals surface area contributed by atoms with Gasteiger partial charge in [-0.2, -0.15) is 0 Å². The van der Waals surface area contributed by atoms with Gasteiger partial charge in [0.2, 0.25) is 0 Å². The molecule has 0 bridgehead atoms. The lowest BCUT2D eigenvalue weighted by molar-refractivity contribution is 1.08. The molecule has 34 heavy (non-hydrogen) atoms. The van der Waals surface area contributed by atoms with Crippen LogP contribution in [-0.4, -0.2) is 25.1 Å². The molecule has 0 amide bonds. The summed E-state index contributed by atoms with van der Waals surface area (Å²) < 4.78 is 0. The van der Waals surface area contributed by atoms with E-state index < -0.39 is 0 Å². The third kappa shape index (κ3) is 4.02. The van der Waals surface area contributed by atoms with Gasteiger partial charge in [0.15, 0.2) is 0 Å². The molecule has 5 heteroatoms. The van der Waals surface area contributed by atoms with Crippen molar-refractivity contribution in [3.05, 3.63) is 114 Å². The molecule has 0 fully saturated rings. The number of aromatic nitrogens is 5. The fourth-order valence-electron chi connectivity index (χ4n) is 3.92. The van der Waals surface area contributed by atoms with Crippen molar-refractivity contribution < 1.29 is 0 Å². The van der Waals surface area contributed by atoms with Crippen LogP contribution < -0.4 is 0 Å². The van der Waals surface area contributed by atoms with Crippen LogP contribution in [0.2, 0.25) is 0 Å². The second-order valence-electron chi connectivity index (χ2n) is 7.98. The van der Waals surface area contributed by atoms with Crippen LogP contribution in [0.25, 0.3) is 58.1 Å². The Morgan fingerprint density at radius 3 is 1.91 bits per heavy atom. The number of hydrogen-bond donors (Lipinski definition) is 0. The Balaban J connectivity index is 1.27. The SMILES string of the molecule is C(=C\c1ccc2c(/C=C/c3cccc4ccnc-4c3)nnc-2cn1)/c1cccc2ccnc-2c1. The summed E-state index contributed by atoms with van der Waals surface area (Å²) >= 11 is 0. The Kier molecular flexibility index (Phi) is 5.05. The van der Waals surface area contributed by atoms with Crippen LogP contribution >= 0.6 is 0 Å². The second kappa shape index (κ2) is 8.64. The highest BCUT2D eigenvalue weighted by Crippen LogP contribution is 2.25. The Morgan fingerprint density at radius 2 is 1.21 bits per heavy atom. The molecule has 6 rings (SSSR count). The van der Waals surface area contributed by atoms with E-state index in [9.17, 15) is 0 Å². The van der Waals surface area contributed by atoms with Crippen LogP contribution in [0.1, 0.15) is 22.5 Å². The summed E-state index contributed by atoms with van der Waals surface area (Å²) in [5.74, 6) is 0. The van der Waals surface area contributed by atoms with E-state index in [1.165, 1.54) is 0 Å². The zero-order valence-corrected chi connectivity index (χ0v) is 18.2. The normalized spacial score (nSPS) is 11.9. The molecule has 5 nitrogen and oxygen atoms in total. The predicted octanol–water partition coefficient (Wildman–Crippen LogP) is 6.32. The molecule has 0 spiro atoms. The fraction of sp³-hybridized carbons (Fsp3) is 0. The highest BCUT2D eigenvalue weighted by atomic mass is 15.1. The van der Waals surface area contributed by atoms with E-state index in [1.54, 1.807) is 6.20 Å². The summed E-state index contributed by atoms with van der Waals surface area (Å²) in [5, 5.41) is 8.66. The first kappa shape index (κ1) is 19.9. The topological polar surface area (TPSA) is 64.5 Å². The number of rotatable bonds is 4. The first-order valence-electron chi connectivity index (χ1n) is 11.0. The van der Waals surface area contributed by atoms with Gasteiger partial charge in [-0.05, 0) is 59.7 Å². The number of fused-ring (bicyclic) bond motifs is 3. The van der Waals surface area contributed by atoms with Gasteiger partial charge in [-0.1, -0.05) is 48.6 Å². The van der Waals surface area contributed by atoms with E-state index in [-0.39, 0.29) is 0 Å². The van der Waals surface area contributed by atoms with E-state index in [1.807, 2.05) is 73.1 Å². The molecule has 0 aromatic heterocycles. The highest BCUT2D eigenvalue weighted by molar-refractivity contribution is 5.79. The molecule has 0 aromatic carbocycles. The quantitative estimate of drug-likeness (QED) is 0.323. The minimum Gasteiger partial charge on any atom is -0.256 e. The first-order chi connectivity index (χ1) is 16.8. The molecular formula is C29H19N5. The number of nitrogens with zero attached hydrogens (tertiary/aromatic N) is 5. The zero-order valence-electron chi connectivity index (χ0n) is 18.2. The summed E-state index contributed by atoms with van der Waals surface area (Å²) in [6.07, 6.45) is 13.5. The monoisotopic (exact) mass is 437 g/mol. The predicted molar refractivity (Wildman–Crippen MR) is 136 cm³/mol. The molecule has 6 aliphatic rings. The average Bonchev–Trinajstić information content (AvgIpc) is 3.46. The van der Waals surface area contributed by atoms with E-state index in [4.69, 9.17) is 0 Å². The van der Waals surface area contributed by atoms with Crippen LogP contribution in [0, 0.1) is 0 Å². The van der Waals surface area contributed by atoms with Crippen molar-refractivity contribution >= 4 is 24.3 Å². The lowest BCUT2D eigenvalue weighted by Crippen LogP contribution is -1.75. The molecule has 0 unspecified atom stereocenters. The maximum absolute atomic E-state index is 4.58. The first-order valence-corrected chi connectivity index (χ1v) is 11.0. The van der Waals surface area contributed by atoms with Crippen molar-refractivity contribution in [3.8, 4) is 33.8 Å². The summed E-state index contributed by atoms with van der Waals surface area (Å²) in [6, 6.07) is 24.5. The Bertz CT molecular complexity index is 1570. The lowest BCUT2D eigenvalue weighted by atomic mass is 10.1. The zero-order chi connectivity index (χ0) is 22.7. The summed E-state index contributed by atoms with van der Waals surface area (Å²) in [5.41, 5.74) is 9.66. The molecule has 0 radical (unpaired) electrons. The van der Waals surface area contributed by atoms with Crippen molar-refractivity contribution in [3.63, 3.8) is 0 Å². The fourth-order valence-corrected chi connectivity index (χ4v) is 3.92. The average molecular weight is 438 g/mol. The summed E-state index contributed by atoms with van der Waals surface area (Å²) in [7, 11) is 0. The van der Waals surface area contributed by atoms with Crippen molar-refractivity contribution in [2.75, 3.05) is 0 Å². The van der Waals surface area contributed by atoms with Gasteiger partial charge in [0, 0.05) is 29.1 Å². The van der Waals surface area contributed by atoms with Crippen molar-refractivity contribution in [2.24, 2.45) is 0 Å². The minimum atomic E-state index is 0.756. The van der Waals surface area contributed by atoms with E-state index in [2.05, 4.69) is 61.5 Å². The highest BCUT2D eigenvalue weighted by Gasteiger charge is 2.10. The van der Waals surface area contributed by atoms with Crippen molar-refractivity contribution in [1.29, 1.82) is 0 Å². The van der Waals surface area contributed by atoms with Gasteiger partial charge in [-0.3, -0.25) is 15.0 Å². The molecule has 0 aromatic rings. The van der Waals surface area contributed by atoms with Gasteiger partial charge in [-0.25, -0.2) is 0 Å². The molecule has 2 aliphatic carbocycles. The van der Waals surface area contributed by atoms with Crippen LogP contribution in [0.5, 0.6) is 0 Å². The molecule has 160 valence electrons. The van der Waals surface area contributed by atoms with Gasteiger partial charge in [0.05, 0.1) is 29.0 Å². The molecular weight excluding hydrogens is 418 g/mol. The maximum Gasteiger partial charge on any atom is 0.113 e. The second-order valence-corrected chi connectivity index (χ2v) is 7.98. The van der Waals surface area contributed by atoms with Gasteiger partial charge in [0.1, 0.15) is 5.69 Å². The van der Waals surface area contributed by atoms with Crippen LogP contribution in [0.4, 0.5) is 0 Å². The molecule has 0 atom stereocenters. The molecule has 0 N–H and O–H groups in total. The van der Waals surface area contributed by atoms with Gasteiger partial charge < -0.3 is 0 Å². The van der Waals surface area contributed by atoms with E-state index in [0.717, 1.165) is 56.3 Å². The van der Waals surface area contributed by atoms with Gasteiger partial charge in [-0.15, -0.1) is 10.2 Å². The third-order valence-corrected chi connectivity index (χ3v) is 5.72. The summed E-state index contributed by atoms with van der Waals surface area (Å²) in [6.45, 7) is 0. The van der Waals surface area contributed by atoms with E-state index in [0.29, 0.717) is 0 Å². The third-order valence-electron chi connectivity index (χ3n) is 5.72. The standard InChI is InChI=1S/C29H19N5/c1-3-20(17-27-22(5-1)13-15-30-27)7-9-24-10-11-25-26(33-34-29(25)19-32-24)12-8-21-4-2-6-23-14-16-31-28(23)18-21/h1-19H/b9-7+,12-8+. The number of hydrogen-bond acceptors (Lipinski definition) is 5. The van der Waals surface area contributed by atoms with Crippen LogP contribution in [0.3, 0.4) is 0 Å². The molecule has 0 saturated carbocycles. The van der Waals surface area contributed by atoms with E-state index >= 15 is 0 Å². The maximum atomic E-state index is 4.58. The molecule has 0 saturated heterocycles. The largest absolute Gasteiger partial charge is 0.256 e. The molecule has 4 aliphatic heterocycles. The smallest absolute Gasteiger partial charge is 0.113 e. The Morgan fingerprint density at radius 1 is 0.529 bits per heavy atom. The lowest BCUT2D eigenvalue weighted by Gasteiger charge is -1.92. The van der Waals surface area contributed by atoms with Crippen LogP contribution in [0.15, 0.2) is 91.4 Å². The van der Waals surface area contributed by atoms with Crippen molar-refractivity contribution in [1.82, 2.24) is 25.1 Å². The van der Waals surface area contributed by atoms with Crippen LogP contribution in [-0.2, 0) is 0 Å². The Labute approximate surface area is 197 Å². The Hall–Kier alpha value is -4.77. The van der Waals surface area contributed by atoms with Gasteiger partial charge in [0.25, 0.3) is 0 Å².